The van der Waals surface area contributed by atoms with E-state index in [0.29, 0.717) is 11.1 Å². The summed E-state index contributed by atoms with van der Waals surface area (Å²) >= 11 is 0. The van der Waals surface area contributed by atoms with Gasteiger partial charge in [-0.2, -0.15) is 13.7 Å². The molecule has 0 fully saturated rings. The Balaban J connectivity index is 2.46. The van der Waals surface area contributed by atoms with E-state index >= 15 is 0 Å². The van der Waals surface area contributed by atoms with Gasteiger partial charge >= 0.3 is 5.97 Å². The van der Waals surface area contributed by atoms with Crippen LogP contribution in [0, 0.1) is 11.3 Å². The van der Waals surface area contributed by atoms with Crippen molar-refractivity contribution in [1.82, 2.24) is 0 Å². The Labute approximate surface area is 103 Å². The lowest BCUT2D eigenvalue weighted by molar-refractivity contribution is -0.135. The molecule has 1 aromatic rings. The summed E-state index contributed by atoms with van der Waals surface area (Å²) in [6.45, 7) is -0.0209. The number of carbonyl (C=O) groups excluding carboxylic acids is 1. The Morgan fingerprint density at radius 1 is 1.28 bits per heavy atom. The number of nitriles is 1. The Hall–Kier alpha value is -2.17. The third kappa shape index (κ3) is 2.11. The van der Waals surface area contributed by atoms with E-state index in [4.69, 9.17) is 14.6 Å². The number of benzene rings is 1. The van der Waals surface area contributed by atoms with Gasteiger partial charge in [-0.3, -0.25) is 4.55 Å². The first-order valence-corrected chi connectivity index (χ1v) is 6.26. The zero-order valence-electron chi connectivity index (χ0n) is 8.95. The normalized spacial score (nSPS) is 15.4. The highest BCUT2D eigenvalue weighted by atomic mass is 32.2. The lowest BCUT2D eigenvalue weighted by Crippen LogP contribution is -1.98. The Morgan fingerprint density at radius 3 is 2.39 bits per heavy atom. The van der Waals surface area contributed by atoms with Crippen LogP contribution in [0.25, 0.3) is 5.57 Å². The van der Waals surface area contributed by atoms with Crippen molar-refractivity contribution in [1.29, 1.82) is 5.26 Å². The SMILES string of the molecule is N#CC1=C(c2ccc(S(=O)(=O)O)cc2)COC1=O. The van der Waals surface area contributed by atoms with Gasteiger partial charge in [0.2, 0.25) is 0 Å². The van der Waals surface area contributed by atoms with Crippen molar-refractivity contribution in [2.45, 2.75) is 4.90 Å². The molecular weight excluding hydrogens is 258 g/mol. The molecule has 2 rings (SSSR count). The third-order valence-electron chi connectivity index (χ3n) is 2.47. The van der Waals surface area contributed by atoms with Gasteiger partial charge in [0.1, 0.15) is 18.2 Å². The smallest absolute Gasteiger partial charge is 0.349 e. The second-order valence-corrected chi connectivity index (χ2v) is 4.96. The minimum atomic E-state index is -4.25. The zero-order chi connectivity index (χ0) is 13.3. The molecule has 6 nitrogen and oxygen atoms in total. The predicted octanol–water partition coefficient (Wildman–Crippen LogP) is 0.767. The molecule has 1 aromatic carbocycles. The van der Waals surface area contributed by atoms with E-state index in [0.717, 1.165) is 0 Å². The van der Waals surface area contributed by atoms with Crippen molar-refractivity contribution in [3.63, 3.8) is 0 Å². The van der Waals surface area contributed by atoms with Crippen molar-refractivity contribution in [2.75, 3.05) is 6.61 Å². The average molecular weight is 265 g/mol. The van der Waals surface area contributed by atoms with Crippen molar-refractivity contribution >= 4 is 21.7 Å². The van der Waals surface area contributed by atoms with Crippen LogP contribution in [0.2, 0.25) is 0 Å². The number of esters is 1. The first-order chi connectivity index (χ1) is 8.43. The number of carbonyl (C=O) groups is 1. The summed E-state index contributed by atoms with van der Waals surface area (Å²) in [6.07, 6.45) is 0. The van der Waals surface area contributed by atoms with Crippen LogP contribution in [0.3, 0.4) is 0 Å². The molecule has 1 aliphatic rings. The quantitative estimate of drug-likeness (QED) is 0.625. The van der Waals surface area contributed by atoms with Gasteiger partial charge < -0.3 is 4.74 Å². The fourth-order valence-corrected chi connectivity index (χ4v) is 2.05. The Bertz CT molecular complexity index is 679. The van der Waals surface area contributed by atoms with Crippen molar-refractivity contribution in [3.05, 3.63) is 35.4 Å². The zero-order valence-corrected chi connectivity index (χ0v) is 9.77. The lowest BCUT2D eigenvalue weighted by Gasteiger charge is -2.02. The Kier molecular flexibility index (Phi) is 2.90. The van der Waals surface area contributed by atoms with Gasteiger partial charge in [-0.25, -0.2) is 4.79 Å². The van der Waals surface area contributed by atoms with Gasteiger partial charge in [-0.1, -0.05) is 12.1 Å². The van der Waals surface area contributed by atoms with Gasteiger partial charge in [0.25, 0.3) is 10.1 Å². The fourth-order valence-electron chi connectivity index (χ4n) is 1.57. The van der Waals surface area contributed by atoms with Crippen molar-refractivity contribution in [2.24, 2.45) is 0 Å². The van der Waals surface area contributed by atoms with Gasteiger partial charge in [0, 0.05) is 5.57 Å². The molecule has 0 spiro atoms. The summed E-state index contributed by atoms with van der Waals surface area (Å²) in [7, 11) is -4.25. The van der Waals surface area contributed by atoms with Crippen molar-refractivity contribution in [3.8, 4) is 6.07 Å². The molecule has 0 amide bonds. The molecule has 1 heterocycles. The number of hydrogen-bond donors (Lipinski definition) is 1. The molecule has 0 radical (unpaired) electrons. The van der Waals surface area contributed by atoms with E-state index in [9.17, 15) is 13.2 Å². The molecule has 0 aromatic heterocycles. The average Bonchev–Trinajstić information content (AvgIpc) is 2.69. The van der Waals surface area contributed by atoms with Crippen LogP contribution >= 0.6 is 0 Å². The molecule has 92 valence electrons. The number of rotatable bonds is 2. The second-order valence-electron chi connectivity index (χ2n) is 3.54. The van der Waals surface area contributed by atoms with E-state index in [1.54, 1.807) is 6.07 Å². The summed E-state index contributed by atoms with van der Waals surface area (Å²) in [4.78, 5) is 10.9. The monoisotopic (exact) mass is 265 g/mol. The molecular formula is C11H7NO5S. The van der Waals surface area contributed by atoms with Crippen LogP contribution in [-0.4, -0.2) is 25.5 Å². The molecule has 0 aliphatic carbocycles. The molecule has 0 saturated carbocycles. The van der Waals surface area contributed by atoms with Gasteiger partial charge in [-0.05, 0) is 17.7 Å². The molecule has 0 unspecified atom stereocenters. The second kappa shape index (κ2) is 4.25. The lowest BCUT2D eigenvalue weighted by atomic mass is 10.0. The number of hydrogen-bond acceptors (Lipinski definition) is 5. The molecule has 18 heavy (non-hydrogen) atoms. The topological polar surface area (TPSA) is 104 Å². The molecule has 0 saturated heterocycles. The first-order valence-electron chi connectivity index (χ1n) is 4.82. The summed E-state index contributed by atoms with van der Waals surface area (Å²) in [5.74, 6) is -0.689. The van der Waals surface area contributed by atoms with Gasteiger partial charge in [0.15, 0.2) is 0 Å². The largest absolute Gasteiger partial charge is 0.457 e. The minimum absolute atomic E-state index is 0.0209. The van der Waals surface area contributed by atoms with E-state index in [2.05, 4.69) is 0 Å². The van der Waals surface area contributed by atoms with Crippen LogP contribution < -0.4 is 0 Å². The van der Waals surface area contributed by atoms with Crippen molar-refractivity contribution < 1.29 is 22.5 Å². The highest BCUT2D eigenvalue weighted by Gasteiger charge is 2.25. The first kappa shape index (κ1) is 12.3. The molecule has 0 atom stereocenters. The van der Waals surface area contributed by atoms with E-state index in [-0.39, 0.29) is 17.1 Å². The predicted molar refractivity (Wildman–Crippen MR) is 59.7 cm³/mol. The maximum Gasteiger partial charge on any atom is 0.349 e. The minimum Gasteiger partial charge on any atom is -0.457 e. The standard InChI is InChI=1S/C11H7NO5S/c12-5-9-10(6-17-11(9)13)7-1-3-8(4-2-7)18(14,15)16/h1-4H,6H2,(H,14,15,16). The number of cyclic esters (lactones) is 1. The van der Waals surface area contributed by atoms with Crippen LogP contribution in [0.5, 0.6) is 0 Å². The van der Waals surface area contributed by atoms with E-state index in [1.807, 2.05) is 0 Å². The van der Waals surface area contributed by atoms with E-state index in [1.165, 1.54) is 24.3 Å². The highest BCUT2D eigenvalue weighted by molar-refractivity contribution is 7.85. The fraction of sp³-hybridized carbons (Fsp3) is 0.0909. The summed E-state index contributed by atoms with van der Waals surface area (Å²) < 4.78 is 35.2. The van der Waals surface area contributed by atoms with Crippen LogP contribution in [0.15, 0.2) is 34.7 Å². The third-order valence-corrected chi connectivity index (χ3v) is 3.33. The summed E-state index contributed by atoms with van der Waals surface area (Å²) in [6, 6.07) is 6.93. The molecule has 7 heteroatoms. The number of nitrogens with zero attached hydrogens (tertiary/aromatic N) is 1. The van der Waals surface area contributed by atoms with Crippen LogP contribution in [-0.2, 0) is 19.6 Å². The molecule has 0 bridgehead atoms. The Morgan fingerprint density at radius 2 is 1.89 bits per heavy atom. The van der Waals surface area contributed by atoms with Gasteiger partial charge in [-0.15, -0.1) is 0 Å². The highest BCUT2D eigenvalue weighted by Crippen LogP contribution is 2.26. The summed E-state index contributed by atoms with van der Waals surface area (Å²) in [5.41, 5.74) is 0.823. The maximum absolute atomic E-state index is 11.2. The van der Waals surface area contributed by atoms with Crippen LogP contribution in [0.4, 0.5) is 0 Å². The van der Waals surface area contributed by atoms with Crippen LogP contribution in [0.1, 0.15) is 5.56 Å². The number of ether oxygens (including phenoxy) is 1. The molecule has 1 N–H and O–H groups in total. The van der Waals surface area contributed by atoms with E-state index < -0.39 is 16.1 Å². The molecule has 1 aliphatic heterocycles. The maximum atomic E-state index is 11.2. The van der Waals surface area contributed by atoms with Gasteiger partial charge in [0.05, 0.1) is 4.90 Å². The summed E-state index contributed by atoms with van der Waals surface area (Å²) in [5, 5.41) is 8.81.